The van der Waals surface area contributed by atoms with E-state index in [0.29, 0.717) is 38.9 Å². The van der Waals surface area contributed by atoms with Crippen molar-refractivity contribution in [1.82, 2.24) is 36.4 Å². The second-order valence-corrected chi connectivity index (χ2v) is 11.0. The number of nitrogens with one attached hydrogen (secondary N) is 5. The molecule has 5 atom stereocenters. The van der Waals surface area contributed by atoms with Crippen molar-refractivity contribution in [1.29, 1.82) is 0 Å². The summed E-state index contributed by atoms with van der Waals surface area (Å²) in [5, 5.41) is 13.4. The Morgan fingerprint density at radius 2 is 1.69 bits per heavy atom. The number of nitrogens with zero attached hydrogens (tertiary/aromatic N) is 2. The summed E-state index contributed by atoms with van der Waals surface area (Å²) in [5.74, 6) is -2.47. The number of unbranched alkanes of at least 4 members (excludes halogenated alkanes) is 1. The third-order valence-corrected chi connectivity index (χ3v) is 7.30. The Labute approximate surface area is 229 Å². The predicted octanol–water partition coefficient (Wildman–Crippen LogP) is -1.77. The van der Waals surface area contributed by atoms with Crippen LogP contribution < -0.4 is 26.6 Å². The maximum Gasteiger partial charge on any atom is 0.245 e. The van der Waals surface area contributed by atoms with E-state index >= 15 is 0 Å². The van der Waals surface area contributed by atoms with Crippen molar-refractivity contribution in [3.05, 3.63) is 0 Å². The van der Waals surface area contributed by atoms with Gasteiger partial charge in [0.05, 0.1) is 25.2 Å². The third-order valence-electron chi connectivity index (χ3n) is 7.30. The van der Waals surface area contributed by atoms with E-state index in [1.54, 1.807) is 6.92 Å². The molecule has 0 aromatic heterocycles. The molecular formula is C26H43N7O6. The number of rotatable bonds is 6. The fourth-order valence-corrected chi connectivity index (χ4v) is 5.25. The highest BCUT2D eigenvalue weighted by Crippen LogP contribution is 2.31. The van der Waals surface area contributed by atoms with E-state index < -0.39 is 47.9 Å². The van der Waals surface area contributed by atoms with Gasteiger partial charge in [-0.25, -0.2) is 0 Å². The fraction of sp³-hybridized carbons (Fsp3) is 0.769. The molecule has 13 heteroatoms. The molecular weight excluding hydrogens is 506 g/mol. The molecule has 6 amide bonds. The van der Waals surface area contributed by atoms with Crippen LogP contribution in [-0.4, -0.2) is 108 Å². The van der Waals surface area contributed by atoms with Crippen LogP contribution >= 0.6 is 0 Å². The summed E-state index contributed by atoms with van der Waals surface area (Å²) in [6.45, 7) is 8.00. The molecule has 3 heterocycles. The molecule has 0 saturated carbocycles. The zero-order chi connectivity index (χ0) is 28.7. The summed E-state index contributed by atoms with van der Waals surface area (Å²) in [7, 11) is 0. The molecule has 3 saturated heterocycles. The van der Waals surface area contributed by atoms with Gasteiger partial charge >= 0.3 is 0 Å². The van der Waals surface area contributed by atoms with Gasteiger partial charge in [0.2, 0.25) is 35.4 Å². The first-order chi connectivity index (χ1) is 18.5. The van der Waals surface area contributed by atoms with Crippen molar-refractivity contribution in [3.63, 3.8) is 0 Å². The van der Waals surface area contributed by atoms with Crippen molar-refractivity contribution < 1.29 is 28.8 Å². The quantitative estimate of drug-likeness (QED) is 0.193. The van der Waals surface area contributed by atoms with Crippen LogP contribution in [0.5, 0.6) is 0 Å². The molecule has 0 radical (unpaired) electrons. The van der Waals surface area contributed by atoms with Gasteiger partial charge in [0.25, 0.3) is 0 Å². The predicted molar refractivity (Wildman–Crippen MR) is 142 cm³/mol. The summed E-state index contributed by atoms with van der Waals surface area (Å²) < 4.78 is 0. The number of carbonyl (C=O) groups excluding carboxylic acids is 6. The maximum atomic E-state index is 13.3. The molecule has 218 valence electrons. The Bertz CT molecular complexity index is 957. The van der Waals surface area contributed by atoms with Gasteiger partial charge in [0, 0.05) is 13.1 Å². The van der Waals surface area contributed by atoms with Gasteiger partial charge in [0.15, 0.2) is 0 Å². The molecule has 13 nitrogen and oxygen atoms in total. The van der Waals surface area contributed by atoms with Gasteiger partial charge in [-0.05, 0) is 45.1 Å². The van der Waals surface area contributed by atoms with E-state index in [4.69, 9.17) is 0 Å². The molecule has 0 aromatic rings. The number of hydrogen-bond acceptors (Lipinski definition) is 7. The lowest BCUT2D eigenvalue weighted by Crippen LogP contribution is -2.58. The first-order valence-electron chi connectivity index (χ1n) is 14.0. The summed E-state index contributed by atoms with van der Waals surface area (Å²) in [6, 6.07) is -3.56. The Morgan fingerprint density at radius 1 is 1.03 bits per heavy atom. The molecule has 0 spiro atoms. The Balaban J connectivity index is 1.84. The highest BCUT2D eigenvalue weighted by atomic mass is 16.2. The number of amides is 6. The largest absolute Gasteiger partial charge is 0.355 e. The molecule has 0 unspecified atom stereocenters. The minimum absolute atomic E-state index is 0.0768. The molecule has 39 heavy (non-hydrogen) atoms. The zero-order valence-corrected chi connectivity index (χ0v) is 23.4. The minimum atomic E-state index is -0.891. The second kappa shape index (κ2) is 13.7. The lowest BCUT2D eigenvalue weighted by molar-refractivity contribution is -0.135. The SMILES string of the molecule is CCCCNC(=O)[C@H]1[C@@H]2CN2C(=O)[C@H](C)NC(=O)CNC(=O)[C@H](CC(C)C)NC(=O)CNC(=O)[C@@H]2CCCN21. The third kappa shape index (κ3) is 8.13. The van der Waals surface area contributed by atoms with Crippen molar-refractivity contribution in [2.45, 2.75) is 90.0 Å². The average molecular weight is 550 g/mol. The van der Waals surface area contributed by atoms with Crippen LogP contribution in [0.4, 0.5) is 0 Å². The van der Waals surface area contributed by atoms with Crippen LogP contribution in [0.15, 0.2) is 0 Å². The zero-order valence-electron chi connectivity index (χ0n) is 23.4. The summed E-state index contributed by atoms with van der Waals surface area (Å²) in [6.07, 6.45) is 3.25. The molecule has 3 aliphatic heterocycles. The van der Waals surface area contributed by atoms with Gasteiger partial charge in [-0.3, -0.25) is 33.7 Å². The van der Waals surface area contributed by atoms with Gasteiger partial charge < -0.3 is 31.5 Å². The Morgan fingerprint density at radius 3 is 2.36 bits per heavy atom. The van der Waals surface area contributed by atoms with E-state index in [0.717, 1.165) is 12.8 Å². The first-order valence-corrected chi connectivity index (χ1v) is 14.0. The number of fused-ring (bicyclic) bond motifs is 2. The van der Waals surface area contributed by atoms with Crippen LogP contribution in [0, 0.1) is 5.92 Å². The summed E-state index contributed by atoms with van der Waals surface area (Å²) in [5.41, 5.74) is 0. The monoisotopic (exact) mass is 549 g/mol. The Kier molecular flexibility index (Phi) is 10.7. The highest BCUT2D eigenvalue weighted by Gasteiger charge is 2.53. The van der Waals surface area contributed by atoms with E-state index in [-0.39, 0.29) is 36.7 Å². The van der Waals surface area contributed by atoms with Crippen LogP contribution in [0.2, 0.25) is 0 Å². The van der Waals surface area contributed by atoms with Crippen LogP contribution in [-0.2, 0) is 28.8 Å². The first kappa shape index (κ1) is 30.3. The lowest BCUT2D eigenvalue weighted by atomic mass is 10.0. The van der Waals surface area contributed by atoms with Crippen molar-refractivity contribution in [2.75, 3.05) is 32.7 Å². The minimum Gasteiger partial charge on any atom is -0.355 e. The second-order valence-electron chi connectivity index (χ2n) is 11.0. The molecule has 3 rings (SSSR count). The van der Waals surface area contributed by atoms with Crippen molar-refractivity contribution in [2.24, 2.45) is 5.92 Å². The van der Waals surface area contributed by atoms with Gasteiger partial charge in [0.1, 0.15) is 18.1 Å². The van der Waals surface area contributed by atoms with Gasteiger partial charge in [-0.2, -0.15) is 0 Å². The van der Waals surface area contributed by atoms with Crippen LogP contribution in [0.1, 0.15) is 59.8 Å². The molecule has 3 fully saturated rings. The summed E-state index contributed by atoms with van der Waals surface area (Å²) in [4.78, 5) is 80.9. The molecule has 0 aromatic carbocycles. The highest BCUT2D eigenvalue weighted by molar-refractivity contribution is 5.95. The normalized spacial score (nSPS) is 29.3. The number of hydrogen-bond donors (Lipinski definition) is 5. The topological polar surface area (TPSA) is 169 Å². The van der Waals surface area contributed by atoms with E-state index in [1.165, 1.54) is 4.90 Å². The van der Waals surface area contributed by atoms with Crippen LogP contribution in [0.25, 0.3) is 0 Å². The molecule has 5 N–H and O–H groups in total. The van der Waals surface area contributed by atoms with Gasteiger partial charge in [-0.1, -0.05) is 27.2 Å². The Hall–Kier alpha value is -3.22. The van der Waals surface area contributed by atoms with E-state index in [1.807, 2.05) is 25.7 Å². The molecule has 3 aliphatic rings. The average Bonchev–Trinajstić information content (AvgIpc) is 3.50. The smallest absolute Gasteiger partial charge is 0.245 e. The van der Waals surface area contributed by atoms with Crippen molar-refractivity contribution in [3.8, 4) is 0 Å². The lowest BCUT2D eigenvalue weighted by Gasteiger charge is -2.32. The van der Waals surface area contributed by atoms with Crippen LogP contribution in [0.3, 0.4) is 0 Å². The van der Waals surface area contributed by atoms with Crippen molar-refractivity contribution >= 4 is 35.4 Å². The molecule has 0 aliphatic carbocycles. The standard InChI is InChI=1S/C26H43N7O6/c1-5-6-9-27-25(38)22-19-14-33(19)26(39)16(4)30-20(34)12-28-23(36)17(11-15(2)3)31-21(35)13-29-24(37)18-8-7-10-32(18)22/h15-19,22H,5-14H2,1-4H3,(H,27,38)(H,28,36)(H,29,37)(H,30,34)(H,31,35)/t16-,17-,18-,19-,22+,33?/m0/s1. The fourth-order valence-electron chi connectivity index (χ4n) is 5.25. The maximum absolute atomic E-state index is 13.3. The molecule has 0 bridgehead atoms. The van der Waals surface area contributed by atoms with Gasteiger partial charge in [-0.15, -0.1) is 0 Å². The van der Waals surface area contributed by atoms with E-state index in [2.05, 4.69) is 26.6 Å². The number of carbonyl (C=O) groups is 6. The van der Waals surface area contributed by atoms with E-state index in [9.17, 15) is 28.8 Å². The summed E-state index contributed by atoms with van der Waals surface area (Å²) >= 11 is 0.